The number of rotatable bonds is 2. The van der Waals surface area contributed by atoms with Gasteiger partial charge in [0.2, 0.25) is 0 Å². The number of hydrogen-bond acceptors (Lipinski definition) is 5. The minimum Gasteiger partial charge on any atom is -0.356 e. The van der Waals surface area contributed by atoms with Crippen LogP contribution in [0.3, 0.4) is 0 Å². The van der Waals surface area contributed by atoms with E-state index < -0.39 is 11.9 Å². The Balaban J connectivity index is 1.46. The van der Waals surface area contributed by atoms with Crippen LogP contribution in [0.1, 0.15) is 23.6 Å². The molecule has 0 spiro atoms. The summed E-state index contributed by atoms with van der Waals surface area (Å²) in [5, 5.41) is 3.43. The van der Waals surface area contributed by atoms with E-state index in [2.05, 4.69) is 15.2 Å². The number of hydrogen-bond donors (Lipinski definition) is 1. The molecule has 1 saturated heterocycles. The van der Waals surface area contributed by atoms with Crippen molar-refractivity contribution in [2.45, 2.75) is 24.6 Å². The third-order valence-corrected chi connectivity index (χ3v) is 6.12. The Hall–Kier alpha value is -3.20. The van der Waals surface area contributed by atoms with Gasteiger partial charge in [0.15, 0.2) is 0 Å². The minimum absolute atomic E-state index is 0.315. The lowest BCUT2D eigenvalue weighted by Gasteiger charge is -2.30. The van der Waals surface area contributed by atoms with E-state index in [0.29, 0.717) is 28.9 Å². The number of fused-ring (bicyclic) bond motifs is 3. The first-order chi connectivity index (χ1) is 14.8. The maximum absolute atomic E-state index is 12.8. The van der Waals surface area contributed by atoms with E-state index in [4.69, 9.17) is 4.98 Å². The highest BCUT2D eigenvalue weighted by atomic mass is 19.4. The number of aromatic nitrogens is 3. The number of piperidine rings is 1. The van der Waals surface area contributed by atoms with Crippen LogP contribution in [0.2, 0.25) is 0 Å². The van der Waals surface area contributed by atoms with E-state index in [1.54, 1.807) is 12.3 Å². The summed E-state index contributed by atoms with van der Waals surface area (Å²) >= 11 is 0. The van der Waals surface area contributed by atoms with Crippen LogP contribution in [0.15, 0.2) is 53.6 Å². The van der Waals surface area contributed by atoms with Crippen molar-refractivity contribution >= 4 is 5.82 Å². The lowest BCUT2D eigenvalue weighted by Crippen LogP contribution is -2.42. The van der Waals surface area contributed by atoms with Gasteiger partial charge in [0, 0.05) is 55.1 Å². The van der Waals surface area contributed by atoms with Gasteiger partial charge in [-0.25, -0.2) is 4.98 Å². The molecule has 0 aliphatic carbocycles. The summed E-state index contributed by atoms with van der Waals surface area (Å²) in [7, 11) is 2.04. The molecule has 0 radical (unpaired) electrons. The van der Waals surface area contributed by atoms with Crippen LogP contribution in [0.4, 0.5) is 19.0 Å². The molecule has 6 nitrogen and oxygen atoms in total. The molecule has 1 fully saturated rings. The van der Waals surface area contributed by atoms with Gasteiger partial charge in [-0.15, -0.1) is 0 Å². The summed E-state index contributed by atoms with van der Waals surface area (Å²) in [6, 6.07) is 9.56. The molecule has 3 aromatic heterocycles. The van der Waals surface area contributed by atoms with Crippen molar-refractivity contribution in [1.29, 1.82) is 0 Å². The van der Waals surface area contributed by atoms with Gasteiger partial charge in [0.1, 0.15) is 17.3 Å². The Morgan fingerprint density at radius 2 is 1.97 bits per heavy atom. The molecule has 2 aliphatic heterocycles. The number of nitrogens with one attached hydrogen (secondary N) is 1. The first-order valence-corrected chi connectivity index (χ1v) is 10.0. The van der Waals surface area contributed by atoms with E-state index in [9.17, 15) is 18.0 Å². The standard InChI is InChI=1S/C22H20F3N5O/c1-29-17-6-8-26-12-16(17)15-3-5-19(28-21(15)29)30-9-7-13(10-20(30)31)14-2-4-18(27-11-14)22(23,24)25/h2-5,7,9-11,16-17,26H,6,8,12H2,1H3. The summed E-state index contributed by atoms with van der Waals surface area (Å²) in [5.41, 5.74) is 0.841. The second kappa shape index (κ2) is 7.19. The zero-order chi connectivity index (χ0) is 21.8. The van der Waals surface area contributed by atoms with Crippen molar-refractivity contribution in [2.75, 3.05) is 25.0 Å². The maximum atomic E-state index is 12.8. The molecular weight excluding hydrogens is 407 g/mol. The van der Waals surface area contributed by atoms with Crippen LogP contribution in [-0.4, -0.2) is 40.7 Å². The van der Waals surface area contributed by atoms with Crippen LogP contribution >= 0.6 is 0 Å². The van der Waals surface area contributed by atoms with Gasteiger partial charge in [-0.05, 0) is 36.7 Å². The number of nitrogens with zero attached hydrogens (tertiary/aromatic N) is 4. The van der Waals surface area contributed by atoms with Gasteiger partial charge in [-0.3, -0.25) is 14.3 Å². The van der Waals surface area contributed by atoms with Gasteiger partial charge in [0.25, 0.3) is 5.56 Å². The summed E-state index contributed by atoms with van der Waals surface area (Å²) in [4.78, 5) is 23.2. The van der Waals surface area contributed by atoms with Gasteiger partial charge in [-0.2, -0.15) is 13.2 Å². The average molecular weight is 427 g/mol. The fourth-order valence-corrected chi connectivity index (χ4v) is 4.52. The summed E-state index contributed by atoms with van der Waals surface area (Å²) in [6.45, 7) is 1.89. The lowest BCUT2D eigenvalue weighted by molar-refractivity contribution is -0.141. The van der Waals surface area contributed by atoms with Gasteiger partial charge < -0.3 is 10.2 Å². The predicted molar refractivity (Wildman–Crippen MR) is 110 cm³/mol. The molecule has 2 aliphatic rings. The highest BCUT2D eigenvalue weighted by Crippen LogP contribution is 2.41. The molecule has 2 atom stereocenters. The van der Waals surface area contributed by atoms with E-state index in [1.165, 1.54) is 22.3 Å². The van der Waals surface area contributed by atoms with E-state index in [1.807, 2.05) is 19.2 Å². The summed E-state index contributed by atoms with van der Waals surface area (Å²) < 4.78 is 39.6. The number of alkyl halides is 3. The predicted octanol–water partition coefficient (Wildman–Crippen LogP) is 3.21. The Morgan fingerprint density at radius 3 is 2.68 bits per heavy atom. The zero-order valence-electron chi connectivity index (χ0n) is 16.7. The zero-order valence-corrected chi connectivity index (χ0v) is 16.7. The molecule has 0 saturated carbocycles. The lowest BCUT2D eigenvalue weighted by atomic mass is 9.91. The molecule has 3 aromatic rings. The second-order valence-corrected chi connectivity index (χ2v) is 7.91. The molecule has 0 aromatic carbocycles. The minimum atomic E-state index is -4.50. The fourth-order valence-electron chi connectivity index (χ4n) is 4.52. The van der Waals surface area contributed by atoms with Gasteiger partial charge in [0.05, 0.1) is 0 Å². The largest absolute Gasteiger partial charge is 0.433 e. The molecule has 5 rings (SSSR count). The van der Waals surface area contributed by atoms with E-state index in [-0.39, 0.29) is 5.56 Å². The molecule has 9 heteroatoms. The van der Waals surface area contributed by atoms with Crippen molar-refractivity contribution < 1.29 is 13.2 Å². The first-order valence-electron chi connectivity index (χ1n) is 10.0. The van der Waals surface area contributed by atoms with Crippen molar-refractivity contribution in [1.82, 2.24) is 19.9 Å². The second-order valence-electron chi connectivity index (χ2n) is 7.91. The quantitative estimate of drug-likeness (QED) is 0.681. The Kier molecular flexibility index (Phi) is 4.58. The molecule has 0 amide bonds. The van der Waals surface area contributed by atoms with Crippen LogP contribution in [0, 0.1) is 0 Å². The monoisotopic (exact) mass is 427 g/mol. The number of anilines is 1. The van der Waals surface area contributed by atoms with Gasteiger partial charge in [-0.1, -0.05) is 12.1 Å². The van der Waals surface area contributed by atoms with Crippen molar-refractivity contribution in [2.24, 2.45) is 0 Å². The van der Waals surface area contributed by atoms with E-state index in [0.717, 1.165) is 37.6 Å². The highest BCUT2D eigenvalue weighted by molar-refractivity contribution is 5.62. The highest BCUT2D eigenvalue weighted by Gasteiger charge is 2.39. The average Bonchev–Trinajstić information content (AvgIpc) is 3.05. The van der Waals surface area contributed by atoms with Crippen molar-refractivity contribution in [3.05, 3.63) is 70.4 Å². The van der Waals surface area contributed by atoms with Crippen LogP contribution in [0.25, 0.3) is 16.9 Å². The molecule has 31 heavy (non-hydrogen) atoms. The molecule has 0 bridgehead atoms. The van der Waals surface area contributed by atoms with Crippen molar-refractivity contribution in [3.63, 3.8) is 0 Å². The van der Waals surface area contributed by atoms with Crippen LogP contribution in [0.5, 0.6) is 0 Å². The number of halogens is 3. The summed E-state index contributed by atoms with van der Waals surface area (Å²) in [5.74, 6) is 1.79. The smallest absolute Gasteiger partial charge is 0.356 e. The topological polar surface area (TPSA) is 63.1 Å². The van der Waals surface area contributed by atoms with Gasteiger partial charge >= 0.3 is 6.18 Å². The summed E-state index contributed by atoms with van der Waals surface area (Å²) in [6.07, 6.45) is -0.738. The SMILES string of the molecule is CN1c2nc(-n3ccc(-c4ccc(C(F)(F)F)nc4)cc3=O)ccc2C2CNCCC21. The van der Waals surface area contributed by atoms with Crippen molar-refractivity contribution in [3.8, 4) is 16.9 Å². The Bertz CT molecular complexity index is 1190. The number of pyridine rings is 3. The molecule has 2 unspecified atom stereocenters. The maximum Gasteiger partial charge on any atom is 0.433 e. The molecule has 160 valence electrons. The third-order valence-electron chi connectivity index (χ3n) is 6.12. The fraction of sp³-hybridized carbons (Fsp3) is 0.318. The Labute approximate surface area is 176 Å². The molecule has 5 heterocycles. The molecule has 1 N–H and O–H groups in total. The van der Waals surface area contributed by atoms with Crippen LogP contribution in [-0.2, 0) is 6.18 Å². The number of likely N-dealkylation sites (N-methyl/N-ethyl adjacent to an activating group) is 1. The normalized spacial score (nSPS) is 20.5. The Morgan fingerprint density at radius 1 is 1.13 bits per heavy atom. The van der Waals surface area contributed by atoms with Crippen LogP contribution < -0.4 is 15.8 Å². The molecular formula is C22H20F3N5O. The van der Waals surface area contributed by atoms with E-state index >= 15 is 0 Å². The first kappa shape index (κ1) is 19.7. The third kappa shape index (κ3) is 3.38.